The number of carbonyl (C=O) groups is 1. The minimum Gasteiger partial charge on any atom is -0.487 e. The van der Waals surface area contributed by atoms with Gasteiger partial charge >= 0.3 is 0 Å². The first-order valence-corrected chi connectivity index (χ1v) is 12.5. The molecule has 3 aliphatic rings. The second-order valence-corrected chi connectivity index (χ2v) is 10.2. The van der Waals surface area contributed by atoms with Gasteiger partial charge in [-0.25, -0.2) is 0 Å². The van der Waals surface area contributed by atoms with Gasteiger partial charge in [0.25, 0.3) is 0 Å². The standard InChI is InChI=1S/C24H34Cl2N2O2/c25-21-5-2-6-22(26)23(21)30-20-12-15-28(16-13-20)14-11-17-7-9-19(10-8-17)27-24(29)18-3-1-4-18/h2,5-6,17-20H,1,3-4,7-16H2,(H,27,29). The number of hydrogen-bond donors (Lipinski definition) is 1. The van der Waals surface area contributed by atoms with E-state index < -0.39 is 0 Å². The molecular formula is C24H34Cl2N2O2. The van der Waals surface area contributed by atoms with Crippen LogP contribution in [-0.4, -0.2) is 42.6 Å². The summed E-state index contributed by atoms with van der Waals surface area (Å²) in [6.45, 7) is 3.31. The van der Waals surface area contributed by atoms with E-state index in [1.165, 1.54) is 32.2 Å². The number of nitrogens with zero attached hydrogens (tertiary/aromatic N) is 1. The zero-order chi connectivity index (χ0) is 20.9. The maximum Gasteiger partial charge on any atom is 0.223 e. The Morgan fingerprint density at radius 2 is 1.67 bits per heavy atom. The zero-order valence-electron chi connectivity index (χ0n) is 17.8. The molecule has 6 heteroatoms. The van der Waals surface area contributed by atoms with Crippen LogP contribution in [0.15, 0.2) is 18.2 Å². The Hall–Kier alpha value is -0.970. The summed E-state index contributed by atoms with van der Waals surface area (Å²) in [7, 11) is 0. The van der Waals surface area contributed by atoms with Gasteiger partial charge in [-0.15, -0.1) is 0 Å². The molecule has 3 fully saturated rings. The van der Waals surface area contributed by atoms with Gasteiger partial charge < -0.3 is 15.0 Å². The number of para-hydroxylation sites is 1. The van der Waals surface area contributed by atoms with Crippen LogP contribution in [0.1, 0.15) is 64.2 Å². The lowest BCUT2D eigenvalue weighted by Crippen LogP contribution is -2.43. The van der Waals surface area contributed by atoms with E-state index >= 15 is 0 Å². The van der Waals surface area contributed by atoms with Crippen molar-refractivity contribution in [2.45, 2.75) is 76.4 Å². The van der Waals surface area contributed by atoms with Crippen LogP contribution in [0.25, 0.3) is 0 Å². The van der Waals surface area contributed by atoms with Crippen LogP contribution in [0.4, 0.5) is 0 Å². The summed E-state index contributed by atoms with van der Waals surface area (Å²) in [5.74, 6) is 2.05. The number of amides is 1. The fourth-order valence-electron chi connectivity index (χ4n) is 4.96. The van der Waals surface area contributed by atoms with Crippen molar-refractivity contribution in [3.8, 4) is 5.75 Å². The van der Waals surface area contributed by atoms with Crippen molar-refractivity contribution in [1.29, 1.82) is 0 Å². The summed E-state index contributed by atoms with van der Waals surface area (Å²) in [5, 5.41) is 4.47. The Morgan fingerprint density at radius 1 is 1.00 bits per heavy atom. The molecule has 0 bridgehead atoms. The topological polar surface area (TPSA) is 41.6 Å². The van der Waals surface area contributed by atoms with E-state index in [9.17, 15) is 4.79 Å². The number of hydrogen-bond acceptors (Lipinski definition) is 3. The van der Waals surface area contributed by atoms with Gasteiger partial charge in [0.2, 0.25) is 5.91 Å². The minimum atomic E-state index is 0.188. The molecule has 1 amide bonds. The van der Waals surface area contributed by atoms with Crippen molar-refractivity contribution in [3.05, 3.63) is 28.2 Å². The predicted molar refractivity (Wildman–Crippen MR) is 122 cm³/mol. The maximum absolute atomic E-state index is 12.1. The van der Waals surface area contributed by atoms with Crippen LogP contribution < -0.4 is 10.1 Å². The molecule has 166 valence electrons. The van der Waals surface area contributed by atoms with Crippen LogP contribution in [0.5, 0.6) is 5.75 Å². The van der Waals surface area contributed by atoms with Crippen molar-refractivity contribution < 1.29 is 9.53 Å². The van der Waals surface area contributed by atoms with E-state index in [-0.39, 0.29) is 6.10 Å². The summed E-state index contributed by atoms with van der Waals surface area (Å²) in [6, 6.07) is 5.91. The van der Waals surface area contributed by atoms with E-state index in [0.717, 1.165) is 57.5 Å². The molecule has 0 spiro atoms. The summed E-state index contributed by atoms with van der Waals surface area (Å²) >= 11 is 12.5. The molecule has 1 aromatic carbocycles. The molecule has 30 heavy (non-hydrogen) atoms. The van der Waals surface area contributed by atoms with E-state index in [1.807, 2.05) is 18.2 Å². The highest BCUT2D eigenvalue weighted by Crippen LogP contribution is 2.35. The van der Waals surface area contributed by atoms with E-state index in [0.29, 0.717) is 33.7 Å². The minimum absolute atomic E-state index is 0.188. The zero-order valence-corrected chi connectivity index (χ0v) is 19.3. The highest BCUT2D eigenvalue weighted by Gasteiger charge is 2.29. The lowest BCUT2D eigenvalue weighted by Gasteiger charge is -2.35. The summed E-state index contributed by atoms with van der Waals surface area (Å²) in [5.41, 5.74) is 0. The number of halogens is 2. The van der Waals surface area contributed by atoms with E-state index in [2.05, 4.69) is 10.2 Å². The number of carbonyl (C=O) groups excluding carboxylic acids is 1. The van der Waals surface area contributed by atoms with Gasteiger partial charge in [0.15, 0.2) is 5.75 Å². The van der Waals surface area contributed by atoms with Crippen LogP contribution in [0.2, 0.25) is 10.0 Å². The molecule has 2 aliphatic carbocycles. The van der Waals surface area contributed by atoms with Gasteiger partial charge in [0.1, 0.15) is 6.10 Å². The van der Waals surface area contributed by atoms with Crippen LogP contribution in [0.3, 0.4) is 0 Å². The third kappa shape index (κ3) is 5.83. The molecule has 0 radical (unpaired) electrons. The Morgan fingerprint density at radius 3 is 2.27 bits per heavy atom. The first kappa shape index (κ1) is 22.2. The third-order valence-electron chi connectivity index (χ3n) is 7.26. The number of nitrogens with one attached hydrogen (secondary N) is 1. The lowest BCUT2D eigenvalue weighted by atomic mass is 9.82. The number of benzene rings is 1. The Labute approximate surface area is 190 Å². The molecule has 4 rings (SSSR count). The van der Waals surface area contributed by atoms with Gasteiger partial charge in [-0.3, -0.25) is 4.79 Å². The third-order valence-corrected chi connectivity index (χ3v) is 7.86. The first-order valence-electron chi connectivity index (χ1n) is 11.7. The van der Waals surface area contributed by atoms with Gasteiger partial charge in [0, 0.05) is 25.0 Å². The Balaban J connectivity index is 1.11. The van der Waals surface area contributed by atoms with Crippen LogP contribution >= 0.6 is 23.2 Å². The molecule has 0 atom stereocenters. The monoisotopic (exact) mass is 452 g/mol. The van der Waals surface area contributed by atoms with Gasteiger partial charge in [-0.05, 0) is 82.4 Å². The highest BCUT2D eigenvalue weighted by molar-refractivity contribution is 6.37. The van der Waals surface area contributed by atoms with Gasteiger partial charge in [0.05, 0.1) is 10.0 Å². The number of ether oxygens (including phenoxy) is 1. The molecule has 4 nitrogen and oxygen atoms in total. The molecule has 0 unspecified atom stereocenters. The predicted octanol–water partition coefficient (Wildman–Crippen LogP) is 5.70. The highest BCUT2D eigenvalue weighted by atomic mass is 35.5. The van der Waals surface area contributed by atoms with Crippen LogP contribution in [0, 0.1) is 11.8 Å². The quantitative estimate of drug-likeness (QED) is 0.576. The fourth-order valence-corrected chi connectivity index (χ4v) is 5.45. The number of rotatable bonds is 7. The average Bonchev–Trinajstić information content (AvgIpc) is 2.70. The number of likely N-dealkylation sites (tertiary alicyclic amines) is 1. The molecule has 1 N–H and O–H groups in total. The fraction of sp³-hybridized carbons (Fsp3) is 0.708. The molecule has 1 heterocycles. The van der Waals surface area contributed by atoms with Crippen LogP contribution in [-0.2, 0) is 4.79 Å². The lowest BCUT2D eigenvalue weighted by molar-refractivity contribution is -0.128. The smallest absolute Gasteiger partial charge is 0.223 e. The second-order valence-electron chi connectivity index (χ2n) is 9.35. The average molecular weight is 453 g/mol. The van der Waals surface area contributed by atoms with Gasteiger partial charge in [-0.1, -0.05) is 35.7 Å². The van der Waals surface area contributed by atoms with Crippen molar-refractivity contribution in [1.82, 2.24) is 10.2 Å². The number of piperidine rings is 1. The molecule has 1 saturated heterocycles. The van der Waals surface area contributed by atoms with Crippen molar-refractivity contribution in [3.63, 3.8) is 0 Å². The normalized spacial score (nSPS) is 26.2. The molecule has 1 aromatic rings. The maximum atomic E-state index is 12.1. The SMILES string of the molecule is O=C(NC1CCC(CCN2CCC(Oc3c(Cl)cccc3Cl)CC2)CC1)C1CCC1. The Bertz CT molecular complexity index is 689. The molecular weight excluding hydrogens is 419 g/mol. The largest absolute Gasteiger partial charge is 0.487 e. The molecule has 2 saturated carbocycles. The van der Waals surface area contributed by atoms with E-state index in [4.69, 9.17) is 27.9 Å². The first-order chi connectivity index (χ1) is 14.6. The van der Waals surface area contributed by atoms with Crippen molar-refractivity contribution >= 4 is 29.1 Å². The molecule has 0 aromatic heterocycles. The van der Waals surface area contributed by atoms with Crippen molar-refractivity contribution in [2.75, 3.05) is 19.6 Å². The second kappa shape index (κ2) is 10.6. The summed E-state index contributed by atoms with van der Waals surface area (Å²) in [6.07, 6.45) is 11.7. The van der Waals surface area contributed by atoms with E-state index in [1.54, 1.807) is 0 Å². The summed E-state index contributed by atoms with van der Waals surface area (Å²) in [4.78, 5) is 14.7. The summed E-state index contributed by atoms with van der Waals surface area (Å²) < 4.78 is 6.11. The van der Waals surface area contributed by atoms with Gasteiger partial charge in [-0.2, -0.15) is 0 Å². The van der Waals surface area contributed by atoms with Crippen molar-refractivity contribution in [2.24, 2.45) is 11.8 Å². The molecule has 1 aliphatic heterocycles. The Kier molecular flexibility index (Phi) is 7.83.